The van der Waals surface area contributed by atoms with Crippen LogP contribution in [0.5, 0.6) is 5.75 Å². The van der Waals surface area contributed by atoms with E-state index in [9.17, 15) is 4.79 Å². The lowest BCUT2D eigenvalue weighted by Crippen LogP contribution is -2.36. The third kappa shape index (κ3) is 4.29. The normalized spacial score (nSPS) is 11.9. The van der Waals surface area contributed by atoms with E-state index >= 15 is 0 Å². The van der Waals surface area contributed by atoms with E-state index < -0.39 is 18.6 Å². The molecule has 0 amide bonds. The highest BCUT2D eigenvalue weighted by Gasteiger charge is 2.12. The number of hydrogen-bond donors (Lipinski definition) is 2. The molecule has 0 saturated carbocycles. The van der Waals surface area contributed by atoms with Crippen LogP contribution in [-0.4, -0.2) is 36.9 Å². The molecule has 1 atom stereocenters. The summed E-state index contributed by atoms with van der Waals surface area (Å²) in [5.41, 5.74) is 5.24. The number of carbonyl (C=O) groups excluding carboxylic acids is 1. The Morgan fingerprint density at radius 1 is 1.31 bits per heavy atom. The Morgan fingerprint density at radius 3 is 2.62 bits per heavy atom. The third-order valence-corrected chi connectivity index (χ3v) is 1.84. The van der Waals surface area contributed by atoms with Crippen molar-refractivity contribution in [3.63, 3.8) is 0 Å². The molecule has 0 spiro atoms. The highest BCUT2D eigenvalue weighted by molar-refractivity contribution is 5.75. The maximum Gasteiger partial charge on any atom is 0.325 e. The number of benzene rings is 1. The van der Waals surface area contributed by atoms with Crippen LogP contribution in [0.4, 0.5) is 0 Å². The molecule has 88 valence electrons. The minimum absolute atomic E-state index is 0.113. The van der Waals surface area contributed by atoms with Gasteiger partial charge in [-0.3, -0.25) is 4.79 Å². The van der Waals surface area contributed by atoms with Gasteiger partial charge in [0.15, 0.2) is 0 Å². The van der Waals surface area contributed by atoms with Crippen LogP contribution in [0.2, 0.25) is 0 Å². The van der Waals surface area contributed by atoms with Gasteiger partial charge in [-0.1, -0.05) is 18.2 Å². The van der Waals surface area contributed by atoms with Crippen molar-refractivity contribution in [1.29, 1.82) is 0 Å². The van der Waals surface area contributed by atoms with Crippen molar-refractivity contribution in [1.82, 2.24) is 0 Å². The molecule has 5 heteroatoms. The molecule has 3 N–H and O–H groups in total. The predicted octanol–water partition coefficient (Wildman–Crippen LogP) is -0.0718. The fraction of sp³-hybridized carbons (Fsp3) is 0.364. The second kappa shape index (κ2) is 6.81. The summed E-state index contributed by atoms with van der Waals surface area (Å²) in [6.45, 7) is -0.0479. The molecular weight excluding hydrogens is 210 g/mol. The van der Waals surface area contributed by atoms with Crippen LogP contribution in [0.3, 0.4) is 0 Å². The van der Waals surface area contributed by atoms with Crippen molar-refractivity contribution in [2.75, 3.05) is 19.8 Å². The smallest absolute Gasteiger partial charge is 0.325 e. The molecular formula is C11H15NO4. The van der Waals surface area contributed by atoms with Gasteiger partial charge >= 0.3 is 5.97 Å². The molecule has 0 bridgehead atoms. The lowest BCUT2D eigenvalue weighted by molar-refractivity contribution is -0.146. The monoisotopic (exact) mass is 225 g/mol. The molecule has 0 unspecified atom stereocenters. The first-order valence-corrected chi connectivity index (χ1v) is 4.95. The van der Waals surface area contributed by atoms with Gasteiger partial charge in [0.05, 0.1) is 6.61 Å². The maximum atomic E-state index is 11.0. The van der Waals surface area contributed by atoms with Gasteiger partial charge in [0.1, 0.15) is 25.0 Å². The molecule has 1 aromatic rings. The number of aliphatic hydroxyl groups excluding tert-OH is 1. The van der Waals surface area contributed by atoms with Crippen LogP contribution in [0.15, 0.2) is 30.3 Å². The van der Waals surface area contributed by atoms with Crippen LogP contribution < -0.4 is 10.5 Å². The van der Waals surface area contributed by atoms with Gasteiger partial charge < -0.3 is 20.3 Å². The molecule has 16 heavy (non-hydrogen) atoms. The van der Waals surface area contributed by atoms with Gasteiger partial charge in [-0.05, 0) is 12.1 Å². The van der Waals surface area contributed by atoms with Gasteiger partial charge in [-0.15, -0.1) is 0 Å². The first-order chi connectivity index (χ1) is 7.74. The molecule has 1 aromatic carbocycles. The number of rotatable bonds is 6. The Morgan fingerprint density at radius 2 is 2.00 bits per heavy atom. The van der Waals surface area contributed by atoms with Gasteiger partial charge in [0.25, 0.3) is 0 Å². The van der Waals surface area contributed by atoms with Gasteiger partial charge in [0.2, 0.25) is 0 Å². The predicted molar refractivity (Wildman–Crippen MR) is 58.0 cm³/mol. The Kier molecular flexibility index (Phi) is 5.31. The van der Waals surface area contributed by atoms with Crippen LogP contribution in [0, 0.1) is 0 Å². The Balaban J connectivity index is 2.15. The lowest BCUT2D eigenvalue weighted by Gasteiger charge is -2.09. The highest BCUT2D eigenvalue weighted by Crippen LogP contribution is 2.07. The SMILES string of the molecule is N[C@@H](CO)C(=O)OCCOc1ccccc1. The zero-order valence-electron chi connectivity index (χ0n) is 8.83. The van der Waals surface area contributed by atoms with Crippen LogP contribution in [0.25, 0.3) is 0 Å². The Labute approximate surface area is 93.8 Å². The molecule has 5 nitrogen and oxygen atoms in total. The van der Waals surface area contributed by atoms with Gasteiger partial charge in [-0.25, -0.2) is 0 Å². The molecule has 1 rings (SSSR count). The maximum absolute atomic E-state index is 11.0. The van der Waals surface area contributed by atoms with E-state index in [0.29, 0.717) is 5.75 Å². The van der Waals surface area contributed by atoms with Crippen molar-refractivity contribution in [3.05, 3.63) is 30.3 Å². The quantitative estimate of drug-likeness (QED) is 0.523. The number of hydrogen-bond acceptors (Lipinski definition) is 5. The van der Waals surface area contributed by atoms with Crippen molar-refractivity contribution in [3.8, 4) is 5.75 Å². The standard InChI is InChI=1S/C11H15NO4/c12-10(8-13)11(14)16-7-6-15-9-4-2-1-3-5-9/h1-5,10,13H,6-8,12H2/t10-/m0/s1. The number of aliphatic hydroxyl groups is 1. The van der Waals surface area contributed by atoms with E-state index in [2.05, 4.69) is 0 Å². The number of carbonyl (C=O) groups is 1. The zero-order chi connectivity index (χ0) is 11.8. The molecule has 0 aromatic heterocycles. The minimum atomic E-state index is -0.975. The summed E-state index contributed by atoms with van der Waals surface area (Å²) in [5, 5.41) is 8.58. The summed E-state index contributed by atoms with van der Waals surface area (Å²) in [4.78, 5) is 11.0. The van der Waals surface area contributed by atoms with E-state index in [1.807, 2.05) is 18.2 Å². The molecule has 0 aliphatic heterocycles. The topological polar surface area (TPSA) is 81.8 Å². The van der Waals surface area contributed by atoms with Crippen molar-refractivity contribution >= 4 is 5.97 Å². The second-order valence-corrected chi connectivity index (χ2v) is 3.12. The summed E-state index contributed by atoms with van der Waals surface area (Å²) < 4.78 is 10.1. The summed E-state index contributed by atoms with van der Waals surface area (Å²) in [7, 11) is 0. The van der Waals surface area contributed by atoms with E-state index in [1.165, 1.54) is 0 Å². The van der Waals surface area contributed by atoms with Crippen molar-refractivity contribution < 1.29 is 19.4 Å². The molecule has 0 aliphatic carbocycles. The van der Waals surface area contributed by atoms with E-state index in [4.69, 9.17) is 20.3 Å². The average molecular weight is 225 g/mol. The Bertz CT molecular complexity index is 315. The first-order valence-electron chi connectivity index (χ1n) is 4.95. The fourth-order valence-corrected chi connectivity index (χ4v) is 1.00. The highest BCUT2D eigenvalue weighted by atomic mass is 16.6. The van der Waals surface area contributed by atoms with Crippen LogP contribution in [0.1, 0.15) is 0 Å². The largest absolute Gasteiger partial charge is 0.490 e. The van der Waals surface area contributed by atoms with E-state index in [-0.39, 0.29) is 13.2 Å². The number of esters is 1. The van der Waals surface area contributed by atoms with Gasteiger partial charge in [0, 0.05) is 0 Å². The second-order valence-electron chi connectivity index (χ2n) is 3.12. The van der Waals surface area contributed by atoms with Crippen LogP contribution >= 0.6 is 0 Å². The van der Waals surface area contributed by atoms with Crippen LogP contribution in [-0.2, 0) is 9.53 Å². The Hall–Kier alpha value is -1.59. The molecule has 0 radical (unpaired) electrons. The van der Waals surface area contributed by atoms with Crippen molar-refractivity contribution in [2.45, 2.75) is 6.04 Å². The molecule has 0 fully saturated rings. The fourth-order valence-electron chi connectivity index (χ4n) is 1.00. The van der Waals surface area contributed by atoms with Gasteiger partial charge in [-0.2, -0.15) is 0 Å². The molecule has 0 saturated heterocycles. The van der Waals surface area contributed by atoms with E-state index in [1.54, 1.807) is 12.1 Å². The molecule has 0 heterocycles. The number of ether oxygens (including phenoxy) is 2. The summed E-state index contributed by atoms with van der Waals surface area (Å²) in [6, 6.07) is 8.22. The average Bonchev–Trinajstić information content (AvgIpc) is 2.34. The summed E-state index contributed by atoms with van der Waals surface area (Å²) >= 11 is 0. The number of para-hydroxylation sites is 1. The third-order valence-electron chi connectivity index (χ3n) is 1.84. The minimum Gasteiger partial charge on any atom is -0.490 e. The molecule has 0 aliphatic rings. The zero-order valence-corrected chi connectivity index (χ0v) is 8.83. The number of nitrogens with two attached hydrogens (primary N) is 1. The van der Waals surface area contributed by atoms with Crippen molar-refractivity contribution in [2.24, 2.45) is 5.73 Å². The first kappa shape index (κ1) is 12.5. The summed E-state index contributed by atoms with van der Waals surface area (Å²) in [6.07, 6.45) is 0. The summed E-state index contributed by atoms with van der Waals surface area (Å²) in [5.74, 6) is 0.0872. The van der Waals surface area contributed by atoms with E-state index in [0.717, 1.165) is 0 Å². The lowest BCUT2D eigenvalue weighted by atomic mass is 10.3.